The van der Waals surface area contributed by atoms with E-state index in [1.807, 2.05) is 6.07 Å². The van der Waals surface area contributed by atoms with E-state index in [2.05, 4.69) is 15.0 Å². The zero-order chi connectivity index (χ0) is 13.0. The van der Waals surface area contributed by atoms with Crippen LogP contribution in [-0.2, 0) is 4.74 Å². The molecule has 0 saturated heterocycles. The number of carbonyl (C=O) groups excluding carboxylic acids is 1. The third-order valence-corrected chi connectivity index (χ3v) is 2.37. The Morgan fingerprint density at radius 2 is 2.11 bits per heavy atom. The van der Waals surface area contributed by atoms with Crippen molar-refractivity contribution in [3.8, 4) is 5.75 Å². The van der Waals surface area contributed by atoms with Crippen molar-refractivity contribution in [1.29, 1.82) is 0 Å². The normalized spacial score (nSPS) is 9.83. The molecule has 1 heterocycles. The molecular weight excluding hydrogens is 232 g/mol. The second-order valence-electron chi connectivity index (χ2n) is 3.53. The van der Waals surface area contributed by atoms with Crippen LogP contribution in [0.15, 0.2) is 42.6 Å². The van der Waals surface area contributed by atoms with E-state index in [1.54, 1.807) is 30.5 Å². The van der Waals surface area contributed by atoms with Crippen LogP contribution in [0.3, 0.4) is 0 Å². The third kappa shape index (κ3) is 2.40. The quantitative estimate of drug-likeness (QED) is 0.640. The van der Waals surface area contributed by atoms with E-state index >= 15 is 0 Å². The molecule has 92 valence electrons. The van der Waals surface area contributed by atoms with Gasteiger partial charge in [-0.2, -0.15) is 0 Å². The monoisotopic (exact) mass is 244 g/mol. The van der Waals surface area contributed by atoms with Crippen molar-refractivity contribution in [2.75, 3.05) is 12.4 Å². The lowest BCUT2D eigenvalue weighted by Gasteiger charge is -2.09. The van der Waals surface area contributed by atoms with Crippen molar-refractivity contribution in [2.24, 2.45) is 0 Å². The SMILES string of the molecule is COC(=O)c1cccc(Nc2ccccn2)c1O. The summed E-state index contributed by atoms with van der Waals surface area (Å²) in [6, 6.07) is 10.1. The molecule has 5 heteroatoms. The minimum absolute atomic E-state index is 0.110. The number of nitrogens with zero attached hydrogens (tertiary/aromatic N) is 1. The lowest BCUT2D eigenvalue weighted by molar-refractivity contribution is 0.0597. The molecule has 0 spiro atoms. The summed E-state index contributed by atoms with van der Waals surface area (Å²) in [5, 5.41) is 12.9. The average molecular weight is 244 g/mol. The number of methoxy groups -OCH3 is 1. The number of pyridine rings is 1. The highest BCUT2D eigenvalue weighted by molar-refractivity contribution is 5.94. The zero-order valence-corrected chi connectivity index (χ0v) is 9.75. The van der Waals surface area contributed by atoms with Crippen LogP contribution in [0.5, 0.6) is 5.75 Å². The molecule has 2 rings (SSSR count). The number of hydrogen-bond acceptors (Lipinski definition) is 5. The molecule has 1 aromatic heterocycles. The van der Waals surface area contributed by atoms with E-state index in [9.17, 15) is 9.90 Å². The van der Waals surface area contributed by atoms with Gasteiger partial charge in [0.05, 0.1) is 12.8 Å². The van der Waals surface area contributed by atoms with Crippen LogP contribution in [0, 0.1) is 0 Å². The lowest BCUT2D eigenvalue weighted by Crippen LogP contribution is -2.03. The number of nitrogens with one attached hydrogen (secondary N) is 1. The Balaban J connectivity index is 2.32. The van der Waals surface area contributed by atoms with Gasteiger partial charge in [-0.25, -0.2) is 9.78 Å². The summed E-state index contributed by atoms with van der Waals surface area (Å²) in [6.45, 7) is 0. The Hall–Kier alpha value is -2.56. The number of esters is 1. The molecule has 5 nitrogen and oxygen atoms in total. The maximum atomic E-state index is 11.4. The van der Waals surface area contributed by atoms with Crippen LogP contribution in [-0.4, -0.2) is 23.2 Å². The number of aromatic hydroxyl groups is 1. The van der Waals surface area contributed by atoms with Gasteiger partial charge in [0.15, 0.2) is 5.75 Å². The van der Waals surface area contributed by atoms with Crippen molar-refractivity contribution in [2.45, 2.75) is 0 Å². The zero-order valence-electron chi connectivity index (χ0n) is 9.75. The lowest BCUT2D eigenvalue weighted by atomic mass is 10.1. The maximum absolute atomic E-state index is 11.4. The van der Waals surface area contributed by atoms with Gasteiger partial charge in [0, 0.05) is 6.20 Å². The number of anilines is 2. The van der Waals surface area contributed by atoms with Gasteiger partial charge < -0.3 is 15.2 Å². The Labute approximate surface area is 104 Å². The number of hydrogen-bond donors (Lipinski definition) is 2. The number of rotatable bonds is 3. The highest BCUT2D eigenvalue weighted by Gasteiger charge is 2.14. The Morgan fingerprint density at radius 3 is 2.78 bits per heavy atom. The van der Waals surface area contributed by atoms with Gasteiger partial charge in [-0.05, 0) is 24.3 Å². The summed E-state index contributed by atoms with van der Waals surface area (Å²) in [6.07, 6.45) is 1.63. The summed E-state index contributed by atoms with van der Waals surface area (Å²) in [7, 11) is 1.26. The molecule has 0 aliphatic carbocycles. The highest BCUT2D eigenvalue weighted by atomic mass is 16.5. The number of ether oxygens (including phenoxy) is 1. The van der Waals surface area contributed by atoms with E-state index in [4.69, 9.17) is 0 Å². The molecule has 0 saturated carbocycles. The van der Waals surface area contributed by atoms with Gasteiger partial charge in [0.1, 0.15) is 11.4 Å². The minimum atomic E-state index is -0.586. The number of phenolic OH excluding ortho intramolecular Hbond substituents is 1. The van der Waals surface area contributed by atoms with Crippen molar-refractivity contribution >= 4 is 17.5 Å². The van der Waals surface area contributed by atoms with E-state index in [-0.39, 0.29) is 11.3 Å². The van der Waals surface area contributed by atoms with Gasteiger partial charge in [-0.3, -0.25) is 0 Å². The molecule has 1 aromatic carbocycles. The minimum Gasteiger partial charge on any atom is -0.505 e. The molecule has 0 aliphatic rings. The van der Waals surface area contributed by atoms with Crippen molar-refractivity contribution in [3.05, 3.63) is 48.2 Å². The maximum Gasteiger partial charge on any atom is 0.341 e. The van der Waals surface area contributed by atoms with Crippen LogP contribution in [0.1, 0.15) is 10.4 Å². The van der Waals surface area contributed by atoms with Gasteiger partial charge in [-0.1, -0.05) is 12.1 Å². The van der Waals surface area contributed by atoms with Crippen molar-refractivity contribution < 1.29 is 14.6 Å². The Morgan fingerprint density at radius 1 is 1.28 bits per heavy atom. The molecule has 0 radical (unpaired) electrons. The molecule has 0 atom stereocenters. The van der Waals surface area contributed by atoms with Gasteiger partial charge in [0.2, 0.25) is 0 Å². The van der Waals surface area contributed by atoms with Crippen LogP contribution in [0.25, 0.3) is 0 Å². The van der Waals surface area contributed by atoms with E-state index < -0.39 is 5.97 Å². The molecule has 0 aliphatic heterocycles. The molecule has 2 aromatic rings. The molecular formula is C13H12N2O3. The van der Waals surface area contributed by atoms with Crippen LogP contribution in [0.2, 0.25) is 0 Å². The first kappa shape index (κ1) is 11.9. The molecule has 2 N–H and O–H groups in total. The number of phenols is 1. The summed E-state index contributed by atoms with van der Waals surface area (Å²) in [5.41, 5.74) is 0.509. The van der Waals surface area contributed by atoms with Gasteiger partial charge in [-0.15, -0.1) is 0 Å². The molecule has 0 unspecified atom stereocenters. The van der Waals surface area contributed by atoms with E-state index in [1.165, 1.54) is 13.2 Å². The van der Waals surface area contributed by atoms with Gasteiger partial charge >= 0.3 is 5.97 Å². The number of benzene rings is 1. The Kier molecular flexibility index (Phi) is 3.43. The van der Waals surface area contributed by atoms with Crippen LogP contribution < -0.4 is 5.32 Å². The fourth-order valence-corrected chi connectivity index (χ4v) is 1.49. The topological polar surface area (TPSA) is 71.5 Å². The molecule has 18 heavy (non-hydrogen) atoms. The third-order valence-electron chi connectivity index (χ3n) is 2.37. The second kappa shape index (κ2) is 5.18. The molecule has 0 amide bonds. The van der Waals surface area contributed by atoms with Gasteiger partial charge in [0.25, 0.3) is 0 Å². The van der Waals surface area contributed by atoms with Crippen LogP contribution in [0.4, 0.5) is 11.5 Å². The summed E-state index contributed by atoms with van der Waals surface area (Å²) < 4.78 is 4.58. The first-order chi connectivity index (χ1) is 8.72. The number of para-hydroxylation sites is 1. The fourth-order valence-electron chi connectivity index (χ4n) is 1.49. The van der Waals surface area contributed by atoms with E-state index in [0.29, 0.717) is 11.5 Å². The largest absolute Gasteiger partial charge is 0.505 e. The smallest absolute Gasteiger partial charge is 0.341 e. The summed E-state index contributed by atoms with van der Waals surface area (Å²) >= 11 is 0. The second-order valence-corrected chi connectivity index (χ2v) is 3.53. The highest BCUT2D eigenvalue weighted by Crippen LogP contribution is 2.29. The number of carbonyl (C=O) groups is 1. The van der Waals surface area contributed by atoms with Crippen molar-refractivity contribution in [3.63, 3.8) is 0 Å². The Bertz CT molecular complexity index is 555. The molecule has 0 bridgehead atoms. The van der Waals surface area contributed by atoms with Crippen LogP contribution >= 0.6 is 0 Å². The standard InChI is InChI=1S/C13H12N2O3/c1-18-13(17)9-5-4-6-10(12(9)16)15-11-7-2-3-8-14-11/h2-8,16H,1H3,(H,14,15). The van der Waals surface area contributed by atoms with E-state index in [0.717, 1.165) is 0 Å². The van der Waals surface area contributed by atoms with Crippen molar-refractivity contribution in [1.82, 2.24) is 4.98 Å². The first-order valence-electron chi connectivity index (χ1n) is 5.30. The first-order valence-corrected chi connectivity index (χ1v) is 5.30. The summed E-state index contributed by atoms with van der Waals surface area (Å²) in [4.78, 5) is 15.5. The predicted molar refractivity (Wildman–Crippen MR) is 67.0 cm³/mol. The summed E-state index contributed by atoms with van der Waals surface area (Å²) in [5.74, 6) is -0.165. The average Bonchev–Trinajstić information content (AvgIpc) is 2.41. The predicted octanol–water partition coefficient (Wildman–Crippen LogP) is 2.32. The molecule has 0 fully saturated rings. The number of aromatic nitrogens is 1. The fraction of sp³-hybridized carbons (Fsp3) is 0.0769.